The largest absolute Gasteiger partial charge is 0.491 e. The monoisotopic (exact) mass is 616 g/mol. The van der Waals surface area contributed by atoms with E-state index in [1.54, 1.807) is 0 Å². The van der Waals surface area contributed by atoms with E-state index in [0.29, 0.717) is 23.7 Å². The molecular formula is C24H26I2O3. The summed E-state index contributed by atoms with van der Waals surface area (Å²) in [5, 5.41) is 0.894. The molecule has 0 aliphatic heterocycles. The molecule has 154 valence electrons. The van der Waals surface area contributed by atoms with Crippen molar-refractivity contribution in [3.05, 3.63) is 60.4 Å². The number of ether oxygens (including phenoxy) is 1. The van der Waals surface area contributed by atoms with Crippen LogP contribution in [0.4, 0.5) is 0 Å². The predicted molar refractivity (Wildman–Crippen MR) is 135 cm³/mol. The summed E-state index contributed by atoms with van der Waals surface area (Å²) >= 11 is 4.53. The molecule has 0 bridgehead atoms. The molecule has 0 spiro atoms. The van der Waals surface area contributed by atoms with Gasteiger partial charge in [0.2, 0.25) is 0 Å². The molecule has 3 nitrogen and oxygen atoms in total. The maximum atomic E-state index is 13.5. The first kappa shape index (κ1) is 22.6. The number of hydrogen-bond donors (Lipinski definition) is 0. The number of para-hydroxylation sites is 1. The number of fused-ring (bicyclic) bond motifs is 1. The van der Waals surface area contributed by atoms with Gasteiger partial charge < -0.3 is 9.15 Å². The second-order valence-corrected chi connectivity index (χ2v) is 9.95. The second-order valence-electron chi connectivity index (χ2n) is 7.63. The van der Waals surface area contributed by atoms with Crippen molar-refractivity contribution in [2.45, 2.75) is 46.5 Å². The Labute approximate surface area is 199 Å². The normalized spacial score (nSPS) is 11.4. The van der Waals surface area contributed by atoms with Crippen molar-refractivity contribution in [2.75, 3.05) is 6.61 Å². The minimum atomic E-state index is 0.0191. The van der Waals surface area contributed by atoms with Crippen molar-refractivity contribution in [3.8, 4) is 5.75 Å². The maximum absolute atomic E-state index is 13.5. The number of unbranched alkanes of at least 4 members (excludes halogenated alkanes) is 1. The Balaban J connectivity index is 1.96. The molecule has 0 atom stereocenters. The number of rotatable bonds is 9. The summed E-state index contributed by atoms with van der Waals surface area (Å²) in [6.07, 6.45) is 3.84. The van der Waals surface area contributed by atoms with Crippen LogP contribution in [0.15, 0.2) is 40.8 Å². The molecule has 0 amide bonds. The van der Waals surface area contributed by atoms with Gasteiger partial charge >= 0.3 is 0 Å². The van der Waals surface area contributed by atoms with Crippen LogP contribution in [-0.4, -0.2) is 12.4 Å². The number of hydrogen-bond acceptors (Lipinski definition) is 3. The van der Waals surface area contributed by atoms with Crippen LogP contribution in [0.1, 0.15) is 61.7 Å². The number of carbonyl (C=O) groups is 1. The van der Waals surface area contributed by atoms with E-state index in [1.807, 2.05) is 36.4 Å². The highest BCUT2D eigenvalue weighted by molar-refractivity contribution is 14.1. The Morgan fingerprint density at radius 2 is 1.83 bits per heavy atom. The average molecular weight is 616 g/mol. The molecule has 0 saturated carbocycles. The molecule has 0 unspecified atom stereocenters. The summed E-state index contributed by atoms with van der Waals surface area (Å²) in [6.45, 7) is 7.20. The highest BCUT2D eigenvalue weighted by Crippen LogP contribution is 2.33. The quantitative estimate of drug-likeness (QED) is 0.183. The van der Waals surface area contributed by atoms with E-state index in [9.17, 15) is 4.79 Å². The van der Waals surface area contributed by atoms with Crippen LogP contribution in [0.2, 0.25) is 0 Å². The van der Waals surface area contributed by atoms with Gasteiger partial charge in [0, 0.05) is 17.4 Å². The molecule has 3 rings (SSSR count). The minimum Gasteiger partial charge on any atom is -0.491 e. The van der Waals surface area contributed by atoms with Crippen LogP contribution in [0.3, 0.4) is 0 Å². The molecule has 0 fully saturated rings. The fourth-order valence-corrected chi connectivity index (χ4v) is 5.31. The number of halogens is 2. The molecule has 0 aliphatic rings. The SMILES string of the molecule is CCCCc1oc2ccccc2c1C(=O)c1cc(I)c(OCCC(C)C)c(I)c1. The summed E-state index contributed by atoms with van der Waals surface area (Å²) in [7, 11) is 0. The molecule has 3 aromatic rings. The van der Waals surface area contributed by atoms with Gasteiger partial charge in [0.25, 0.3) is 0 Å². The van der Waals surface area contributed by atoms with Crippen LogP contribution >= 0.6 is 45.2 Å². The molecule has 0 aliphatic carbocycles. The van der Waals surface area contributed by atoms with Gasteiger partial charge in [-0.3, -0.25) is 4.79 Å². The fraction of sp³-hybridized carbons (Fsp3) is 0.375. The standard InChI is InChI=1S/C24H26I2O3/c1-4-5-9-21-22(17-8-6-7-10-20(17)29-21)23(27)16-13-18(25)24(19(26)14-16)28-12-11-15(2)3/h6-8,10,13-15H,4-5,9,11-12H2,1-3H3. The highest BCUT2D eigenvalue weighted by Gasteiger charge is 2.23. The molecule has 5 heteroatoms. The smallest absolute Gasteiger partial charge is 0.197 e. The molecule has 0 saturated heterocycles. The van der Waals surface area contributed by atoms with Gasteiger partial charge in [-0.25, -0.2) is 0 Å². The molecule has 2 aromatic carbocycles. The van der Waals surface area contributed by atoms with E-state index in [2.05, 4.69) is 66.0 Å². The Bertz CT molecular complexity index is 982. The van der Waals surface area contributed by atoms with Crippen molar-refractivity contribution >= 4 is 61.9 Å². The highest BCUT2D eigenvalue weighted by atomic mass is 127. The second kappa shape index (κ2) is 10.3. The molecule has 0 N–H and O–H groups in total. The Hall–Kier alpha value is -1.09. The van der Waals surface area contributed by atoms with E-state index in [0.717, 1.165) is 55.3 Å². The van der Waals surface area contributed by atoms with E-state index in [4.69, 9.17) is 9.15 Å². The number of furan rings is 1. The van der Waals surface area contributed by atoms with Gasteiger partial charge in [-0.2, -0.15) is 0 Å². The maximum Gasteiger partial charge on any atom is 0.197 e. The number of carbonyl (C=O) groups excluding carboxylic acids is 1. The van der Waals surface area contributed by atoms with Crippen LogP contribution in [-0.2, 0) is 6.42 Å². The zero-order valence-corrected chi connectivity index (χ0v) is 21.4. The van der Waals surface area contributed by atoms with E-state index in [-0.39, 0.29) is 5.78 Å². The zero-order valence-electron chi connectivity index (χ0n) is 17.1. The first-order valence-electron chi connectivity index (χ1n) is 10.1. The van der Waals surface area contributed by atoms with Crippen LogP contribution in [0.5, 0.6) is 5.75 Å². The Kier molecular flexibility index (Phi) is 8.01. The third-order valence-corrected chi connectivity index (χ3v) is 6.46. The topological polar surface area (TPSA) is 39.4 Å². The first-order chi connectivity index (χ1) is 13.9. The summed E-state index contributed by atoms with van der Waals surface area (Å²) in [5.74, 6) is 2.28. The van der Waals surface area contributed by atoms with Crippen molar-refractivity contribution in [1.29, 1.82) is 0 Å². The number of ketones is 1. The van der Waals surface area contributed by atoms with Crippen molar-refractivity contribution in [2.24, 2.45) is 5.92 Å². The summed E-state index contributed by atoms with van der Waals surface area (Å²) in [6, 6.07) is 11.7. The third kappa shape index (κ3) is 5.34. The lowest BCUT2D eigenvalue weighted by molar-refractivity contribution is 0.103. The Morgan fingerprint density at radius 1 is 1.14 bits per heavy atom. The fourth-order valence-electron chi connectivity index (χ4n) is 3.23. The van der Waals surface area contributed by atoms with Crippen LogP contribution in [0, 0.1) is 13.1 Å². The summed E-state index contributed by atoms with van der Waals surface area (Å²) in [4.78, 5) is 13.5. The van der Waals surface area contributed by atoms with Gasteiger partial charge in [-0.1, -0.05) is 45.4 Å². The van der Waals surface area contributed by atoms with Crippen LogP contribution in [0.25, 0.3) is 11.0 Å². The van der Waals surface area contributed by atoms with Gasteiger partial charge in [0.05, 0.1) is 19.3 Å². The minimum absolute atomic E-state index is 0.0191. The number of aryl methyl sites for hydroxylation is 1. The molecule has 1 heterocycles. The van der Waals surface area contributed by atoms with E-state index < -0.39 is 0 Å². The van der Waals surface area contributed by atoms with Gasteiger partial charge in [-0.05, 0) is 82.1 Å². The molecule has 0 radical (unpaired) electrons. The van der Waals surface area contributed by atoms with E-state index >= 15 is 0 Å². The van der Waals surface area contributed by atoms with Crippen molar-refractivity contribution in [3.63, 3.8) is 0 Å². The molecular weight excluding hydrogens is 590 g/mol. The molecule has 29 heavy (non-hydrogen) atoms. The zero-order chi connectivity index (χ0) is 21.0. The van der Waals surface area contributed by atoms with Crippen LogP contribution < -0.4 is 4.74 Å². The van der Waals surface area contributed by atoms with Gasteiger partial charge in [0.1, 0.15) is 17.1 Å². The van der Waals surface area contributed by atoms with E-state index in [1.165, 1.54) is 0 Å². The van der Waals surface area contributed by atoms with Crippen molar-refractivity contribution in [1.82, 2.24) is 0 Å². The summed E-state index contributed by atoms with van der Waals surface area (Å²) in [5.41, 5.74) is 2.16. The lowest BCUT2D eigenvalue weighted by Crippen LogP contribution is -2.08. The number of benzene rings is 2. The lowest BCUT2D eigenvalue weighted by Gasteiger charge is -2.13. The molecule has 1 aromatic heterocycles. The summed E-state index contributed by atoms with van der Waals surface area (Å²) < 4.78 is 14.0. The average Bonchev–Trinajstić information content (AvgIpc) is 3.05. The predicted octanol–water partition coefficient (Wildman–Crippen LogP) is 7.64. The Morgan fingerprint density at radius 3 is 2.48 bits per heavy atom. The van der Waals surface area contributed by atoms with Gasteiger partial charge in [-0.15, -0.1) is 0 Å². The first-order valence-corrected chi connectivity index (χ1v) is 12.2. The van der Waals surface area contributed by atoms with Crippen molar-refractivity contribution < 1.29 is 13.9 Å². The van der Waals surface area contributed by atoms with Gasteiger partial charge in [0.15, 0.2) is 5.78 Å². The lowest BCUT2D eigenvalue weighted by atomic mass is 9.98. The third-order valence-electron chi connectivity index (χ3n) is 4.85.